The minimum absolute atomic E-state index is 0.0790. The molecule has 3 heterocycles. The Labute approximate surface area is 183 Å². The van der Waals surface area contributed by atoms with Gasteiger partial charge in [-0.25, -0.2) is 9.78 Å². The summed E-state index contributed by atoms with van der Waals surface area (Å²) in [6.45, 7) is 4.31. The van der Waals surface area contributed by atoms with E-state index in [9.17, 15) is 14.4 Å². The molecule has 2 aromatic rings. The molecule has 1 aromatic carbocycles. The van der Waals surface area contributed by atoms with Crippen molar-refractivity contribution in [1.82, 2.24) is 15.2 Å². The highest BCUT2D eigenvalue weighted by atomic mass is 32.1. The number of amides is 4. The van der Waals surface area contributed by atoms with Crippen molar-refractivity contribution in [1.29, 1.82) is 0 Å². The van der Waals surface area contributed by atoms with Gasteiger partial charge in [-0.1, -0.05) is 0 Å². The fourth-order valence-corrected chi connectivity index (χ4v) is 4.17. The van der Waals surface area contributed by atoms with Crippen LogP contribution in [0.3, 0.4) is 0 Å². The number of aromatic nitrogens is 1. The number of urea groups is 1. The van der Waals surface area contributed by atoms with Crippen molar-refractivity contribution >= 4 is 45.7 Å². The van der Waals surface area contributed by atoms with Crippen LogP contribution in [-0.2, 0) is 20.7 Å². The third-order valence-electron chi connectivity index (χ3n) is 4.89. The first-order valence-corrected chi connectivity index (χ1v) is 10.9. The number of nitrogens with one attached hydrogen (secondary N) is 3. The van der Waals surface area contributed by atoms with Gasteiger partial charge in [0.15, 0.2) is 5.13 Å². The Morgan fingerprint density at radius 3 is 2.39 bits per heavy atom. The van der Waals surface area contributed by atoms with Gasteiger partial charge in [0, 0.05) is 42.9 Å². The smallest absolute Gasteiger partial charge is 0.323 e. The minimum atomic E-state index is -0.202. The van der Waals surface area contributed by atoms with Crippen LogP contribution < -0.4 is 20.9 Å². The van der Waals surface area contributed by atoms with Crippen molar-refractivity contribution in [2.75, 3.05) is 61.5 Å². The van der Waals surface area contributed by atoms with Gasteiger partial charge < -0.3 is 20.7 Å². The molecular formula is C20H24N6O4S. The highest BCUT2D eigenvalue weighted by Gasteiger charge is 2.24. The lowest BCUT2D eigenvalue weighted by molar-refractivity contribution is -0.118. The molecule has 10 nitrogen and oxygen atoms in total. The number of carbonyl (C=O) groups excluding carboxylic acids is 3. The molecule has 4 amide bonds. The van der Waals surface area contributed by atoms with Gasteiger partial charge in [-0.15, -0.1) is 11.3 Å². The zero-order valence-electron chi connectivity index (χ0n) is 16.9. The Hall–Kier alpha value is -3.02. The van der Waals surface area contributed by atoms with Crippen LogP contribution in [0.25, 0.3) is 0 Å². The largest absolute Gasteiger partial charge is 0.379 e. The highest BCUT2D eigenvalue weighted by Crippen LogP contribution is 2.22. The number of nitrogens with zero attached hydrogens (tertiary/aromatic N) is 3. The lowest BCUT2D eigenvalue weighted by atomic mass is 10.2. The standard InChI is InChI=1S/C20H24N6O4S/c27-17(11-16-13-31-20(24-16)26-6-5-21-19(26)29)22-14-1-3-15(4-2-14)23-18(28)12-25-7-9-30-10-8-25/h1-4,13H,5-12H2,(H,21,29)(H,22,27)(H,23,28). The number of morpholine rings is 1. The van der Waals surface area contributed by atoms with Crippen LogP contribution in [0.2, 0.25) is 0 Å². The molecule has 31 heavy (non-hydrogen) atoms. The van der Waals surface area contributed by atoms with Gasteiger partial charge in [0.2, 0.25) is 11.8 Å². The Bertz CT molecular complexity index is 941. The first-order valence-electron chi connectivity index (χ1n) is 10.1. The van der Waals surface area contributed by atoms with E-state index in [-0.39, 0.29) is 24.3 Å². The SMILES string of the molecule is O=C(Cc1csc(N2CCNC2=O)n1)Nc1ccc(NC(=O)CN2CCOCC2)cc1. The quantitative estimate of drug-likeness (QED) is 0.590. The molecule has 2 aliphatic rings. The number of rotatable bonds is 7. The van der Waals surface area contributed by atoms with E-state index in [1.165, 1.54) is 11.3 Å². The predicted molar refractivity (Wildman–Crippen MR) is 118 cm³/mol. The lowest BCUT2D eigenvalue weighted by Crippen LogP contribution is -2.41. The first-order chi connectivity index (χ1) is 15.1. The molecule has 0 saturated carbocycles. The third kappa shape index (κ3) is 5.78. The summed E-state index contributed by atoms with van der Waals surface area (Å²) >= 11 is 1.34. The summed E-state index contributed by atoms with van der Waals surface area (Å²) in [7, 11) is 0. The Balaban J connectivity index is 1.25. The van der Waals surface area contributed by atoms with Crippen LogP contribution in [0, 0.1) is 0 Å². The van der Waals surface area contributed by atoms with Gasteiger partial charge >= 0.3 is 6.03 Å². The molecule has 2 aliphatic heterocycles. The van der Waals surface area contributed by atoms with E-state index in [0.29, 0.717) is 55.0 Å². The average molecular weight is 445 g/mol. The molecule has 1 aromatic heterocycles. The number of carbonyl (C=O) groups is 3. The van der Waals surface area contributed by atoms with Gasteiger partial charge in [0.05, 0.1) is 31.9 Å². The average Bonchev–Trinajstić information content (AvgIpc) is 3.38. The fourth-order valence-electron chi connectivity index (χ4n) is 3.33. The summed E-state index contributed by atoms with van der Waals surface area (Å²) in [5, 5.41) is 10.8. The van der Waals surface area contributed by atoms with Crippen LogP contribution >= 0.6 is 11.3 Å². The maximum Gasteiger partial charge on any atom is 0.323 e. The molecule has 164 valence electrons. The molecule has 0 aliphatic carbocycles. The summed E-state index contributed by atoms with van der Waals surface area (Å²) in [6.07, 6.45) is 0.115. The van der Waals surface area contributed by atoms with Crippen LogP contribution in [-0.4, -0.2) is 73.7 Å². The normalized spacial score (nSPS) is 16.8. The topological polar surface area (TPSA) is 116 Å². The van der Waals surface area contributed by atoms with E-state index in [2.05, 4.69) is 20.9 Å². The number of anilines is 3. The van der Waals surface area contributed by atoms with Gasteiger partial charge in [0.25, 0.3) is 0 Å². The second kappa shape index (κ2) is 9.86. The van der Waals surface area contributed by atoms with E-state index in [4.69, 9.17) is 4.74 Å². The van der Waals surface area contributed by atoms with E-state index < -0.39 is 0 Å². The van der Waals surface area contributed by atoms with Gasteiger partial charge in [-0.3, -0.25) is 19.4 Å². The molecule has 0 unspecified atom stereocenters. The van der Waals surface area contributed by atoms with Crippen LogP contribution in [0.5, 0.6) is 0 Å². The van der Waals surface area contributed by atoms with Crippen molar-refractivity contribution in [2.24, 2.45) is 0 Å². The second-order valence-electron chi connectivity index (χ2n) is 7.24. The van der Waals surface area contributed by atoms with Gasteiger partial charge in [-0.2, -0.15) is 0 Å². The molecule has 3 N–H and O–H groups in total. The predicted octanol–water partition coefficient (Wildman–Crippen LogP) is 1.12. The number of hydrogen-bond donors (Lipinski definition) is 3. The maximum atomic E-state index is 12.3. The third-order valence-corrected chi connectivity index (χ3v) is 5.80. The summed E-state index contributed by atoms with van der Waals surface area (Å²) < 4.78 is 5.28. The summed E-state index contributed by atoms with van der Waals surface area (Å²) in [5.41, 5.74) is 1.92. The van der Waals surface area contributed by atoms with E-state index in [0.717, 1.165) is 13.1 Å². The van der Waals surface area contributed by atoms with Crippen LogP contribution in [0.4, 0.5) is 21.3 Å². The lowest BCUT2D eigenvalue weighted by Gasteiger charge is -2.25. The minimum Gasteiger partial charge on any atom is -0.379 e. The fraction of sp³-hybridized carbons (Fsp3) is 0.400. The van der Waals surface area contributed by atoms with E-state index >= 15 is 0 Å². The monoisotopic (exact) mass is 444 g/mol. The van der Waals surface area contributed by atoms with Crippen molar-refractivity contribution in [2.45, 2.75) is 6.42 Å². The second-order valence-corrected chi connectivity index (χ2v) is 8.08. The number of ether oxygens (including phenoxy) is 1. The maximum absolute atomic E-state index is 12.3. The number of thiazole rings is 1. The zero-order chi connectivity index (χ0) is 21.6. The van der Waals surface area contributed by atoms with E-state index in [1.54, 1.807) is 34.5 Å². The molecule has 11 heteroatoms. The Morgan fingerprint density at radius 2 is 1.74 bits per heavy atom. The number of hydrogen-bond acceptors (Lipinski definition) is 7. The van der Waals surface area contributed by atoms with Gasteiger partial charge in [0.1, 0.15) is 0 Å². The molecule has 2 fully saturated rings. The number of benzene rings is 1. The zero-order valence-corrected chi connectivity index (χ0v) is 17.7. The molecule has 0 atom stereocenters. The van der Waals surface area contributed by atoms with Gasteiger partial charge in [-0.05, 0) is 24.3 Å². The van der Waals surface area contributed by atoms with Crippen LogP contribution in [0.15, 0.2) is 29.6 Å². The molecule has 0 radical (unpaired) electrons. The van der Waals surface area contributed by atoms with Crippen molar-refractivity contribution < 1.29 is 19.1 Å². The van der Waals surface area contributed by atoms with Crippen molar-refractivity contribution in [3.63, 3.8) is 0 Å². The van der Waals surface area contributed by atoms with Crippen molar-refractivity contribution in [3.8, 4) is 0 Å². The molecule has 2 saturated heterocycles. The molecule has 4 rings (SSSR count). The Morgan fingerprint density at radius 1 is 1.06 bits per heavy atom. The summed E-state index contributed by atoms with van der Waals surface area (Å²) in [5.74, 6) is -0.281. The van der Waals surface area contributed by atoms with Crippen molar-refractivity contribution in [3.05, 3.63) is 35.3 Å². The highest BCUT2D eigenvalue weighted by molar-refractivity contribution is 7.14. The first kappa shape index (κ1) is 21.2. The van der Waals surface area contributed by atoms with E-state index in [1.807, 2.05) is 4.90 Å². The summed E-state index contributed by atoms with van der Waals surface area (Å²) in [4.78, 5) is 44.2. The molecule has 0 spiro atoms. The molecule has 0 bridgehead atoms. The van der Waals surface area contributed by atoms with Crippen LogP contribution in [0.1, 0.15) is 5.69 Å². The Kier molecular flexibility index (Phi) is 6.75. The summed E-state index contributed by atoms with van der Waals surface area (Å²) in [6, 6.07) is 6.81. The molecular weight excluding hydrogens is 420 g/mol.